The molecule has 1 aromatic rings. The third-order valence-corrected chi connectivity index (χ3v) is 5.16. The summed E-state index contributed by atoms with van der Waals surface area (Å²) >= 11 is 0. The Morgan fingerprint density at radius 1 is 1.06 bits per heavy atom. The number of methoxy groups -OCH3 is 1. The number of hydrogen-bond acceptors (Lipinski definition) is 6. The van der Waals surface area contributed by atoms with Crippen LogP contribution in [0.4, 0.5) is 5.69 Å². The highest BCUT2D eigenvalue weighted by atomic mass is 16.5. The molecule has 0 saturated heterocycles. The van der Waals surface area contributed by atoms with Crippen molar-refractivity contribution in [2.24, 2.45) is 5.92 Å². The lowest BCUT2D eigenvalue weighted by Crippen LogP contribution is -2.41. The Morgan fingerprint density at radius 2 is 1.69 bits per heavy atom. The van der Waals surface area contributed by atoms with E-state index in [9.17, 15) is 14.7 Å². The van der Waals surface area contributed by atoms with Crippen LogP contribution in [0.15, 0.2) is 30.4 Å². The number of aliphatic carboxylic acids is 3. The maximum atomic E-state index is 12.1. The van der Waals surface area contributed by atoms with Crippen LogP contribution in [0.1, 0.15) is 65.4 Å². The molecule has 0 fully saturated rings. The number of amides is 1. The van der Waals surface area contributed by atoms with Gasteiger partial charge in [0.1, 0.15) is 11.8 Å². The van der Waals surface area contributed by atoms with Crippen LogP contribution < -0.4 is 15.0 Å². The first-order valence-corrected chi connectivity index (χ1v) is 12.0. The number of anilines is 1. The largest absolute Gasteiger partial charge is 0.495 e. The van der Waals surface area contributed by atoms with Crippen LogP contribution in [0.5, 0.6) is 5.75 Å². The molecule has 0 aliphatic heterocycles. The summed E-state index contributed by atoms with van der Waals surface area (Å²) in [6.45, 7) is 9.07. The molecule has 36 heavy (non-hydrogen) atoms. The number of unbranched alkanes of at least 4 members (excludes halogenated alkanes) is 2. The number of nitrogens with one attached hydrogen (secondary N) is 1. The number of carboxylic acid groups (broad SMARTS) is 3. The van der Waals surface area contributed by atoms with Gasteiger partial charge in [-0.25, -0.2) is 14.4 Å². The van der Waals surface area contributed by atoms with Gasteiger partial charge in [0, 0.05) is 19.5 Å². The first kappa shape index (κ1) is 32.4. The topological polar surface area (TPSA) is 153 Å². The lowest BCUT2D eigenvalue weighted by atomic mass is 10.1. The Morgan fingerprint density at radius 3 is 2.17 bits per heavy atom. The minimum atomic E-state index is -1.82. The summed E-state index contributed by atoms with van der Waals surface area (Å²) in [7, 11) is 1.57. The van der Waals surface area contributed by atoms with E-state index in [-0.39, 0.29) is 5.91 Å². The Labute approximate surface area is 212 Å². The number of allylic oxidation sites excluding steroid dienone is 2. The van der Waals surface area contributed by atoms with Crippen LogP contribution >= 0.6 is 0 Å². The lowest BCUT2D eigenvalue weighted by Gasteiger charge is -2.30. The van der Waals surface area contributed by atoms with Gasteiger partial charge in [-0.05, 0) is 56.2 Å². The average molecular weight is 509 g/mol. The van der Waals surface area contributed by atoms with Gasteiger partial charge in [-0.3, -0.25) is 4.79 Å². The molecule has 1 unspecified atom stereocenters. The maximum Gasteiger partial charge on any atom is 0.414 e. The molecule has 1 amide bonds. The van der Waals surface area contributed by atoms with E-state index in [0.29, 0.717) is 37.6 Å². The summed E-state index contributed by atoms with van der Waals surface area (Å²) in [5.74, 6) is -3.28. The highest BCUT2D eigenvalue weighted by Gasteiger charge is 2.25. The minimum Gasteiger partial charge on any atom is -0.495 e. The SMILES string of the molecule is CCC(C(=O)O)N(CC)c1ccc(CNC(=O)CCCC/C=C/C(C)C)cc1OC.O=C(O)C(=O)O. The summed E-state index contributed by atoms with van der Waals surface area (Å²) in [4.78, 5) is 43.7. The fraction of sp³-hybridized carbons (Fsp3) is 0.538. The van der Waals surface area contributed by atoms with Crippen LogP contribution in [-0.4, -0.2) is 58.8 Å². The van der Waals surface area contributed by atoms with Crippen molar-refractivity contribution in [3.8, 4) is 5.75 Å². The van der Waals surface area contributed by atoms with Gasteiger partial charge in [0.25, 0.3) is 0 Å². The number of likely N-dealkylation sites (N-methyl/N-ethyl adjacent to an activating group) is 1. The number of carbonyl (C=O) groups excluding carboxylic acids is 1. The number of ether oxygens (including phenoxy) is 1. The zero-order chi connectivity index (χ0) is 27.7. The van der Waals surface area contributed by atoms with Crippen LogP contribution in [0, 0.1) is 5.92 Å². The van der Waals surface area contributed by atoms with Crippen LogP contribution in [0.2, 0.25) is 0 Å². The summed E-state index contributed by atoms with van der Waals surface area (Å²) in [5, 5.41) is 27.2. The standard InChI is InChI=1S/C24H38N2O4.C2H2O4/c1-6-20(24(28)29)26(7-2)21-15-14-19(16-22(21)30-5)17-25-23(27)13-11-9-8-10-12-18(3)4;3-1(4)2(5)6/h10,12,14-16,18,20H,6-9,11,13,17H2,1-5H3,(H,25,27)(H,28,29);(H,3,4)(H,5,6)/b12-10+;. The van der Waals surface area contributed by atoms with Crippen LogP contribution in [-0.2, 0) is 25.7 Å². The molecule has 10 nitrogen and oxygen atoms in total. The van der Waals surface area contributed by atoms with Gasteiger partial charge in [0.15, 0.2) is 0 Å². The third-order valence-electron chi connectivity index (χ3n) is 5.16. The first-order chi connectivity index (χ1) is 17.0. The van der Waals surface area contributed by atoms with E-state index in [1.54, 1.807) is 7.11 Å². The Bertz CT molecular complexity index is 871. The Kier molecular flexibility index (Phi) is 16.1. The molecule has 1 aromatic carbocycles. The van der Waals surface area contributed by atoms with Crippen molar-refractivity contribution in [3.05, 3.63) is 35.9 Å². The third kappa shape index (κ3) is 12.8. The molecular formula is C26H40N2O8. The second kappa shape index (κ2) is 17.8. The van der Waals surface area contributed by atoms with Crippen molar-refractivity contribution >= 4 is 29.5 Å². The quantitative estimate of drug-likeness (QED) is 0.166. The van der Waals surface area contributed by atoms with Crippen molar-refractivity contribution in [3.63, 3.8) is 0 Å². The molecular weight excluding hydrogens is 468 g/mol. The van der Waals surface area contributed by atoms with Crippen molar-refractivity contribution in [2.45, 2.75) is 72.4 Å². The second-order valence-electron chi connectivity index (χ2n) is 8.36. The molecule has 1 rings (SSSR count). The van der Waals surface area contributed by atoms with Crippen LogP contribution in [0.25, 0.3) is 0 Å². The monoisotopic (exact) mass is 508 g/mol. The van der Waals surface area contributed by atoms with Gasteiger partial charge < -0.3 is 30.3 Å². The zero-order valence-corrected chi connectivity index (χ0v) is 21.8. The van der Waals surface area contributed by atoms with Gasteiger partial charge in [0.2, 0.25) is 5.91 Å². The summed E-state index contributed by atoms with van der Waals surface area (Å²) in [6.07, 6.45) is 8.28. The number of benzene rings is 1. The number of hydrogen-bond donors (Lipinski definition) is 4. The van der Waals surface area contributed by atoms with Gasteiger partial charge in [-0.15, -0.1) is 0 Å². The predicted molar refractivity (Wildman–Crippen MR) is 137 cm³/mol. The highest BCUT2D eigenvalue weighted by molar-refractivity contribution is 6.27. The second-order valence-corrected chi connectivity index (χ2v) is 8.36. The molecule has 0 bridgehead atoms. The van der Waals surface area contributed by atoms with Gasteiger partial charge in [-0.2, -0.15) is 0 Å². The molecule has 0 radical (unpaired) electrons. The van der Waals surface area contributed by atoms with E-state index in [0.717, 1.165) is 30.5 Å². The van der Waals surface area contributed by atoms with E-state index in [1.165, 1.54) is 0 Å². The Balaban J connectivity index is 0.00000181. The van der Waals surface area contributed by atoms with Gasteiger partial charge >= 0.3 is 17.9 Å². The van der Waals surface area contributed by atoms with Crippen molar-refractivity contribution in [1.29, 1.82) is 0 Å². The van der Waals surface area contributed by atoms with Crippen LogP contribution in [0.3, 0.4) is 0 Å². The first-order valence-electron chi connectivity index (χ1n) is 12.0. The van der Waals surface area contributed by atoms with E-state index in [4.69, 9.17) is 24.5 Å². The minimum absolute atomic E-state index is 0.0398. The van der Waals surface area contributed by atoms with E-state index in [2.05, 4.69) is 31.3 Å². The lowest BCUT2D eigenvalue weighted by molar-refractivity contribution is -0.159. The zero-order valence-electron chi connectivity index (χ0n) is 21.8. The molecule has 0 heterocycles. The molecule has 1 atom stereocenters. The van der Waals surface area contributed by atoms with E-state index < -0.39 is 23.9 Å². The molecule has 10 heteroatoms. The number of carbonyl (C=O) groups is 4. The van der Waals surface area contributed by atoms with Gasteiger partial charge in [-0.1, -0.05) is 39.0 Å². The molecule has 202 valence electrons. The Hall–Kier alpha value is -3.56. The number of nitrogens with zero attached hydrogens (tertiary/aromatic N) is 1. The molecule has 0 aliphatic rings. The summed E-state index contributed by atoms with van der Waals surface area (Å²) < 4.78 is 5.52. The maximum absolute atomic E-state index is 12.1. The highest BCUT2D eigenvalue weighted by Crippen LogP contribution is 2.31. The average Bonchev–Trinajstić information content (AvgIpc) is 2.83. The predicted octanol–water partition coefficient (Wildman–Crippen LogP) is 3.93. The normalized spacial score (nSPS) is 11.4. The fourth-order valence-corrected chi connectivity index (χ4v) is 3.36. The van der Waals surface area contributed by atoms with Crippen molar-refractivity contribution < 1.29 is 39.2 Å². The summed E-state index contributed by atoms with van der Waals surface area (Å²) in [5.41, 5.74) is 1.67. The number of carboxylic acids is 3. The fourth-order valence-electron chi connectivity index (χ4n) is 3.36. The van der Waals surface area contributed by atoms with E-state index in [1.807, 2.05) is 36.9 Å². The summed E-state index contributed by atoms with van der Waals surface area (Å²) in [6, 6.07) is 5.04. The molecule has 4 N–H and O–H groups in total. The van der Waals surface area contributed by atoms with Crippen molar-refractivity contribution in [2.75, 3.05) is 18.6 Å². The van der Waals surface area contributed by atoms with E-state index >= 15 is 0 Å². The van der Waals surface area contributed by atoms with Gasteiger partial charge in [0.05, 0.1) is 12.8 Å². The van der Waals surface area contributed by atoms with Crippen molar-refractivity contribution in [1.82, 2.24) is 5.32 Å². The molecule has 0 aliphatic carbocycles. The molecule has 0 aromatic heterocycles. The number of rotatable bonds is 14. The smallest absolute Gasteiger partial charge is 0.414 e. The molecule has 0 spiro atoms. The molecule has 0 saturated carbocycles.